The Morgan fingerprint density at radius 3 is 2.58 bits per heavy atom. The molecule has 3 N–H and O–H groups in total. The summed E-state index contributed by atoms with van der Waals surface area (Å²) < 4.78 is 5.01. The van der Waals surface area contributed by atoms with Crippen molar-refractivity contribution in [2.24, 2.45) is 11.1 Å². The van der Waals surface area contributed by atoms with E-state index in [1.54, 1.807) is 0 Å². The molecule has 0 radical (unpaired) electrons. The van der Waals surface area contributed by atoms with Crippen LogP contribution in [0.1, 0.15) is 12.8 Å². The van der Waals surface area contributed by atoms with Crippen molar-refractivity contribution in [3.05, 3.63) is 0 Å². The predicted molar refractivity (Wildman–Crippen MR) is 43.5 cm³/mol. The Balaban J connectivity index is 1.90. The van der Waals surface area contributed by atoms with Crippen LogP contribution in [0.2, 0.25) is 0 Å². The lowest BCUT2D eigenvalue weighted by Crippen LogP contribution is -2.58. The van der Waals surface area contributed by atoms with Crippen LogP contribution in [0.15, 0.2) is 0 Å². The van der Waals surface area contributed by atoms with Gasteiger partial charge < -0.3 is 15.8 Å². The van der Waals surface area contributed by atoms with Gasteiger partial charge in [-0.15, -0.1) is 0 Å². The normalized spacial score (nSPS) is 26.1. The zero-order chi connectivity index (χ0) is 8.60. The third-order valence-electron chi connectivity index (χ3n) is 2.54. The van der Waals surface area contributed by atoms with Crippen LogP contribution in [-0.2, 0) is 9.53 Å². The molecule has 1 heterocycles. The highest BCUT2D eigenvalue weighted by molar-refractivity contribution is 5.84. The zero-order valence-electron chi connectivity index (χ0n) is 7.01. The van der Waals surface area contributed by atoms with Crippen molar-refractivity contribution in [2.75, 3.05) is 19.8 Å². The molecule has 68 valence electrons. The van der Waals surface area contributed by atoms with Gasteiger partial charge in [-0.25, -0.2) is 0 Å². The highest BCUT2D eigenvalue weighted by atomic mass is 16.5. The Morgan fingerprint density at radius 1 is 1.58 bits per heavy atom. The average molecular weight is 170 g/mol. The van der Waals surface area contributed by atoms with Gasteiger partial charge in [-0.1, -0.05) is 0 Å². The van der Waals surface area contributed by atoms with Crippen LogP contribution in [0.25, 0.3) is 0 Å². The van der Waals surface area contributed by atoms with Gasteiger partial charge in [0.15, 0.2) is 0 Å². The molecule has 0 atom stereocenters. The average Bonchev–Trinajstić information content (AvgIpc) is 2.70. The Kier molecular flexibility index (Phi) is 1.81. The molecule has 0 bridgehead atoms. The van der Waals surface area contributed by atoms with Crippen LogP contribution >= 0.6 is 0 Å². The van der Waals surface area contributed by atoms with Crippen molar-refractivity contribution in [2.45, 2.75) is 18.9 Å². The first-order valence-electron chi connectivity index (χ1n) is 4.36. The van der Waals surface area contributed by atoms with Crippen LogP contribution in [0.4, 0.5) is 0 Å². The lowest BCUT2D eigenvalue weighted by molar-refractivity contribution is -0.159. The second-order valence-corrected chi connectivity index (χ2v) is 3.72. The minimum atomic E-state index is -0.400. The number of hydrogen-bond acceptors (Lipinski definition) is 3. The van der Waals surface area contributed by atoms with E-state index in [1.165, 1.54) is 0 Å². The van der Waals surface area contributed by atoms with Crippen molar-refractivity contribution >= 4 is 5.91 Å². The standard InChI is InChI=1S/C8H14N2O2/c9-3-8(4-12-5-8)7(11)10-6-1-2-6/h6H,1-5,9H2,(H,10,11). The van der Waals surface area contributed by atoms with E-state index < -0.39 is 5.41 Å². The Labute approximate surface area is 71.4 Å². The van der Waals surface area contributed by atoms with E-state index in [0.717, 1.165) is 12.8 Å². The monoisotopic (exact) mass is 170 g/mol. The van der Waals surface area contributed by atoms with E-state index in [0.29, 0.717) is 25.8 Å². The topological polar surface area (TPSA) is 64.4 Å². The quantitative estimate of drug-likeness (QED) is 0.585. The first-order chi connectivity index (χ1) is 5.77. The fourth-order valence-electron chi connectivity index (χ4n) is 1.26. The van der Waals surface area contributed by atoms with Crippen molar-refractivity contribution in [1.29, 1.82) is 0 Å². The smallest absolute Gasteiger partial charge is 0.232 e. The first kappa shape index (κ1) is 8.01. The molecule has 1 saturated heterocycles. The fourth-order valence-corrected chi connectivity index (χ4v) is 1.26. The summed E-state index contributed by atoms with van der Waals surface area (Å²) in [4.78, 5) is 11.6. The Hall–Kier alpha value is -0.610. The van der Waals surface area contributed by atoms with Crippen molar-refractivity contribution in [3.8, 4) is 0 Å². The van der Waals surface area contributed by atoms with Gasteiger partial charge in [-0.2, -0.15) is 0 Å². The van der Waals surface area contributed by atoms with Gasteiger partial charge in [-0.3, -0.25) is 4.79 Å². The van der Waals surface area contributed by atoms with Crippen molar-refractivity contribution < 1.29 is 9.53 Å². The third kappa shape index (κ3) is 1.21. The summed E-state index contributed by atoms with van der Waals surface area (Å²) in [6.07, 6.45) is 2.24. The lowest BCUT2D eigenvalue weighted by Gasteiger charge is -2.38. The van der Waals surface area contributed by atoms with E-state index in [4.69, 9.17) is 10.5 Å². The summed E-state index contributed by atoms with van der Waals surface area (Å²) in [5, 5.41) is 2.95. The fraction of sp³-hybridized carbons (Fsp3) is 0.875. The summed E-state index contributed by atoms with van der Waals surface area (Å²) in [6, 6.07) is 0.418. The molecule has 12 heavy (non-hydrogen) atoms. The van der Waals surface area contributed by atoms with E-state index in [9.17, 15) is 4.79 Å². The van der Waals surface area contributed by atoms with E-state index in [2.05, 4.69) is 5.32 Å². The number of carbonyl (C=O) groups excluding carboxylic acids is 1. The molecule has 1 aliphatic heterocycles. The van der Waals surface area contributed by atoms with Crippen LogP contribution < -0.4 is 11.1 Å². The molecule has 2 fully saturated rings. The number of nitrogens with two attached hydrogens (primary N) is 1. The maximum atomic E-state index is 11.6. The maximum absolute atomic E-state index is 11.6. The molecule has 0 spiro atoms. The number of hydrogen-bond donors (Lipinski definition) is 2. The van der Waals surface area contributed by atoms with Crippen molar-refractivity contribution in [1.82, 2.24) is 5.32 Å². The van der Waals surface area contributed by atoms with Gasteiger partial charge in [0.2, 0.25) is 5.91 Å². The lowest BCUT2D eigenvalue weighted by atomic mass is 9.85. The SMILES string of the molecule is NCC1(C(=O)NC2CC2)COC1. The van der Waals surface area contributed by atoms with Gasteiger partial charge in [0, 0.05) is 12.6 Å². The second kappa shape index (κ2) is 2.71. The molecule has 0 aromatic carbocycles. The first-order valence-corrected chi connectivity index (χ1v) is 4.36. The van der Waals surface area contributed by atoms with E-state index >= 15 is 0 Å². The summed E-state index contributed by atoms with van der Waals surface area (Å²) in [5.74, 6) is 0.0822. The molecule has 0 unspecified atom stereocenters. The Bertz CT molecular complexity index is 192. The summed E-state index contributed by atoms with van der Waals surface area (Å²) in [7, 11) is 0. The van der Waals surface area contributed by atoms with Crippen LogP contribution in [0.3, 0.4) is 0 Å². The molecule has 0 aromatic rings. The third-order valence-corrected chi connectivity index (χ3v) is 2.54. The maximum Gasteiger partial charge on any atom is 0.232 e. The molecule has 0 aromatic heterocycles. The molecule has 1 aliphatic carbocycles. The molecule has 4 nitrogen and oxygen atoms in total. The van der Waals surface area contributed by atoms with Gasteiger partial charge in [0.25, 0.3) is 0 Å². The molecular weight excluding hydrogens is 156 g/mol. The zero-order valence-corrected chi connectivity index (χ0v) is 7.01. The molecular formula is C8H14N2O2. The van der Waals surface area contributed by atoms with Gasteiger partial charge in [0.1, 0.15) is 5.41 Å². The number of rotatable bonds is 3. The summed E-state index contributed by atoms with van der Waals surface area (Å²) in [6.45, 7) is 1.37. The van der Waals surface area contributed by atoms with Gasteiger partial charge >= 0.3 is 0 Å². The minimum absolute atomic E-state index is 0.0822. The molecule has 2 aliphatic rings. The second-order valence-electron chi connectivity index (χ2n) is 3.72. The highest BCUT2D eigenvalue weighted by Gasteiger charge is 2.45. The van der Waals surface area contributed by atoms with E-state index in [1.807, 2.05) is 0 Å². The summed E-state index contributed by atoms with van der Waals surface area (Å²) >= 11 is 0. The highest BCUT2D eigenvalue weighted by Crippen LogP contribution is 2.28. The molecule has 1 saturated carbocycles. The van der Waals surface area contributed by atoms with Crippen LogP contribution in [0.5, 0.6) is 0 Å². The van der Waals surface area contributed by atoms with Gasteiger partial charge in [-0.05, 0) is 12.8 Å². The number of amides is 1. The summed E-state index contributed by atoms with van der Waals surface area (Å²) in [5.41, 5.74) is 5.12. The molecule has 1 amide bonds. The number of carbonyl (C=O) groups is 1. The van der Waals surface area contributed by atoms with E-state index in [-0.39, 0.29) is 5.91 Å². The Morgan fingerprint density at radius 2 is 2.25 bits per heavy atom. The van der Waals surface area contributed by atoms with Crippen molar-refractivity contribution in [3.63, 3.8) is 0 Å². The number of nitrogens with one attached hydrogen (secondary N) is 1. The number of ether oxygens (including phenoxy) is 1. The predicted octanol–water partition coefficient (Wildman–Crippen LogP) is -0.760. The van der Waals surface area contributed by atoms with Crippen LogP contribution in [0, 0.1) is 5.41 Å². The largest absolute Gasteiger partial charge is 0.379 e. The van der Waals surface area contributed by atoms with Gasteiger partial charge in [0.05, 0.1) is 13.2 Å². The molecule has 2 rings (SSSR count). The van der Waals surface area contributed by atoms with Crippen LogP contribution in [-0.4, -0.2) is 31.7 Å². The molecule has 4 heteroatoms. The minimum Gasteiger partial charge on any atom is -0.379 e.